The molecule has 2 rings (SSSR count). The SMILES string of the molecule is COCCCc1cn(C)c2ccc(CC(CCC(O)CN)C(C)C)cc12. The van der Waals surface area contributed by atoms with Crippen LogP contribution in [0.1, 0.15) is 44.2 Å². The van der Waals surface area contributed by atoms with Crippen LogP contribution in [-0.4, -0.2) is 36.0 Å². The molecule has 0 bridgehead atoms. The summed E-state index contributed by atoms with van der Waals surface area (Å²) in [5, 5.41) is 11.2. The van der Waals surface area contributed by atoms with Crippen LogP contribution >= 0.6 is 0 Å². The van der Waals surface area contributed by atoms with Crippen molar-refractivity contribution in [3.63, 3.8) is 0 Å². The van der Waals surface area contributed by atoms with E-state index in [0.29, 0.717) is 18.4 Å². The molecule has 1 aromatic heterocycles. The molecule has 1 heterocycles. The smallest absolute Gasteiger partial charge is 0.0662 e. The minimum atomic E-state index is -0.375. The second-order valence-electron chi connectivity index (χ2n) is 7.89. The van der Waals surface area contributed by atoms with Crippen molar-refractivity contribution in [3.05, 3.63) is 35.5 Å². The second-order valence-corrected chi connectivity index (χ2v) is 7.89. The number of nitrogens with two attached hydrogens (primary N) is 1. The minimum Gasteiger partial charge on any atom is -0.392 e. The van der Waals surface area contributed by atoms with Gasteiger partial charge in [-0.25, -0.2) is 0 Å². The molecule has 0 aliphatic carbocycles. The van der Waals surface area contributed by atoms with Gasteiger partial charge in [-0.15, -0.1) is 0 Å². The van der Waals surface area contributed by atoms with Gasteiger partial charge in [0.05, 0.1) is 6.10 Å². The van der Waals surface area contributed by atoms with Gasteiger partial charge in [-0.1, -0.05) is 19.9 Å². The average Bonchev–Trinajstić information content (AvgIpc) is 2.93. The Kier molecular flexibility index (Phi) is 8.14. The Hall–Kier alpha value is -1.36. The maximum atomic E-state index is 9.80. The Balaban J connectivity index is 2.16. The first-order valence-corrected chi connectivity index (χ1v) is 9.90. The molecule has 0 aliphatic rings. The highest BCUT2D eigenvalue weighted by atomic mass is 16.5. The number of rotatable bonds is 11. The van der Waals surface area contributed by atoms with E-state index in [-0.39, 0.29) is 6.10 Å². The molecular weight excluding hydrogens is 324 g/mol. The summed E-state index contributed by atoms with van der Waals surface area (Å²) >= 11 is 0. The summed E-state index contributed by atoms with van der Waals surface area (Å²) in [5.74, 6) is 1.15. The zero-order valence-corrected chi connectivity index (χ0v) is 16.9. The van der Waals surface area contributed by atoms with Crippen LogP contribution in [0.25, 0.3) is 10.9 Å². The molecule has 0 spiro atoms. The molecule has 2 atom stereocenters. The largest absolute Gasteiger partial charge is 0.392 e. The lowest BCUT2D eigenvalue weighted by atomic mass is 9.84. The van der Waals surface area contributed by atoms with Gasteiger partial charge in [-0.2, -0.15) is 0 Å². The fourth-order valence-corrected chi connectivity index (χ4v) is 3.75. The number of methoxy groups -OCH3 is 1. The molecular formula is C22H36N2O2. The molecule has 146 valence electrons. The number of hydrogen-bond donors (Lipinski definition) is 2. The lowest BCUT2D eigenvalue weighted by Gasteiger charge is -2.22. The number of fused-ring (bicyclic) bond motifs is 1. The van der Waals surface area contributed by atoms with Crippen LogP contribution in [0.4, 0.5) is 0 Å². The molecule has 0 fully saturated rings. The van der Waals surface area contributed by atoms with E-state index in [1.807, 2.05) is 0 Å². The molecule has 4 heteroatoms. The third-order valence-corrected chi connectivity index (χ3v) is 5.51. The standard InChI is InChI=1S/C22H36N2O2/c1-16(2)18(8-9-20(25)14-23)12-17-7-10-22-21(13-17)19(15-24(22)3)6-5-11-26-4/h7,10,13,15-16,18,20,25H,5-6,8-9,11-12,14,23H2,1-4H3. The summed E-state index contributed by atoms with van der Waals surface area (Å²) in [6.07, 6.45) is 6.83. The monoisotopic (exact) mass is 360 g/mol. The van der Waals surface area contributed by atoms with E-state index in [4.69, 9.17) is 10.5 Å². The Morgan fingerprint density at radius 1 is 1.23 bits per heavy atom. The Bertz CT molecular complexity index is 678. The van der Waals surface area contributed by atoms with Crippen molar-refractivity contribution in [1.82, 2.24) is 4.57 Å². The number of aliphatic hydroxyl groups excluding tert-OH is 1. The summed E-state index contributed by atoms with van der Waals surface area (Å²) < 4.78 is 7.43. The molecule has 3 N–H and O–H groups in total. The van der Waals surface area contributed by atoms with Gasteiger partial charge in [0.2, 0.25) is 0 Å². The van der Waals surface area contributed by atoms with Crippen molar-refractivity contribution in [3.8, 4) is 0 Å². The third kappa shape index (κ3) is 5.57. The van der Waals surface area contributed by atoms with Crippen LogP contribution in [0.5, 0.6) is 0 Å². The molecule has 2 unspecified atom stereocenters. The zero-order chi connectivity index (χ0) is 19.1. The molecule has 0 saturated heterocycles. The molecule has 0 radical (unpaired) electrons. The number of benzene rings is 1. The number of ether oxygens (including phenoxy) is 1. The van der Waals surface area contributed by atoms with Gasteiger partial charge in [0.1, 0.15) is 0 Å². The fraction of sp³-hybridized carbons (Fsp3) is 0.636. The number of nitrogens with zero attached hydrogens (tertiary/aromatic N) is 1. The van der Waals surface area contributed by atoms with Gasteiger partial charge in [0.15, 0.2) is 0 Å². The number of aliphatic hydroxyl groups is 1. The predicted octanol–water partition coefficient (Wildman–Crippen LogP) is 3.67. The lowest BCUT2D eigenvalue weighted by Crippen LogP contribution is -2.22. The van der Waals surface area contributed by atoms with Crippen LogP contribution in [-0.2, 0) is 24.6 Å². The molecule has 0 aliphatic heterocycles. The van der Waals surface area contributed by atoms with Crippen LogP contribution in [0.2, 0.25) is 0 Å². The summed E-state index contributed by atoms with van der Waals surface area (Å²) in [6.45, 7) is 5.70. The van der Waals surface area contributed by atoms with E-state index in [1.54, 1.807) is 7.11 Å². The Morgan fingerprint density at radius 3 is 2.65 bits per heavy atom. The number of aryl methyl sites for hydroxylation is 2. The summed E-state index contributed by atoms with van der Waals surface area (Å²) in [4.78, 5) is 0. The second kappa shape index (κ2) is 10.1. The van der Waals surface area contributed by atoms with Crippen LogP contribution in [0.15, 0.2) is 24.4 Å². The van der Waals surface area contributed by atoms with Crippen molar-refractivity contribution in [2.75, 3.05) is 20.3 Å². The topological polar surface area (TPSA) is 60.4 Å². The highest BCUT2D eigenvalue weighted by Crippen LogP contribution is 2.27. The molecule has 2 aromatic rings. The fourth-order valence-electron chi connectivity index (χ4n) is 3.75. The van der Waals surface area contributed by atoms with E-state index in [1.165, 1.54) is 22.0 Å². The zero-order valence-electron chi connectivity index (χ0n) is 16.9. The van der Waals surface area contributed by atoms with Gasteiger partial charge in [-0.05, 0) is 67.2 Å². The first-order chi connectivity index (χ1) is 12.5. The van der Waals surface area contributed by atoms with Gasteiger partial charge in [-0.3, -0.25) is 0 Å². The van der Waals surface area contributed by atoms with Crippen molar-refractivity contribution >= 4 is 10.9 Å². The average molecular weight is 361 g/mol. The van der Waals surface area contributed by atoms with E-state index in [0.717, 1.165) is 38.7 Å². The maximum Gasteiger partial charge on any atom is 0.0662 e. The Labute approximate surface area is 158 Å². The summed E-state index contributed by atoms with van der Waals surface area (Å²) in [5.41, 5.74) is 9.64. The first kappa shape index (κ1) is 20.9. The lowest BCUT2D eigenvalue weighted by molar-refractivity contribution is 0.156. The molecule has 1 aromatic carbocycles. The summed E-state index contributed by atoms with van der Waals surface area (Å²) in [6, 6.07) is 6.87. The van der Waals surface area contributed by atoms with Gasteiger partial charge in [0.25, 0.3) is 0 Å². The third-order valence-electron chi connectivity index (χ3n) is 5.51. The number of hydrogen-bond acceptors (Lipinski definition) is 3. The van der Waals surface area contributed by atoms with Crippen molar-refractivity contribution in [2.45, 2.75) is 52.1 Å². The number of aromatic nitrogens is 1. The van der Waals surface area contributed by atoms with Gasteiger partial charge in [0, 0.05) is 44.4 Å². The van der Waals surface area contributed by atoms with Gasteiger partial charge < -0.3 is 20.1 Å². The molecule has 0 saturated carbocycles. The van der Waals surface area contributed by atoms with E-state index in [9.17, 15) is 5.11 Å². The Morgan fingerprint density at radius 2 is 2.00 bits per heavy atom. The van der Waals surface area contributed by atoms with Crippen molar-refractivity contribution in [1.29, 1.82) is 0 Å². The molecule has 26 heavy (non-hydrogen) atoms. The highest BCUT2D eigenvalue weighted by Gasteiger charge is 2.17. The van der Waals surface area contributed by atoms with Crippen molar-refractivity contribution < 1.29 is 9.84 Å². The maximum absolute atomic E-state index is 9.80. The van der Waals surface area contributed by atoms with Crippen LogP contribution < -0.4 is 5.73 Å². The molecule has 4 nitrogen and oxygen atoms in total. The predicted molar refractivity (Wildman–Crippen MR) is 109 cm³/mol. The first-order valence-electron chi connectivity index (χ1n) is 9.90. The van der Waals surface area contributed by atoms with E-state index >= 15 is 0 Å². The quantitative estimate of drug-likeness (QED) is 0.601. The van der Waals surface area contributed by atoms with Crippen LogP contribution in [0.3, 0.4) is 0 Å². The van der Waals surface area contributed by atoms with Crippen molar-refractivity contribution in [2.24, 2.45) is 24.6 Å². The minimum absolute atomic E-state index is 0.353. The van der Waals surface area contributed by atoms with Crippen LogP contribution in [0, 0.1) is 11.8 Å². The normalized spacial score (nSPS) is 14.3. The molecule has 0 amide bonds. The summed E-state index contributed by atoms with van der Waals surface area (Å²) in [7, 11) is 3.88. The highest BCUT2D eigenvalue weighted by molar-refractivity contribution is 5.84. The van der Waals surface area contributed by atoms with Gasteiger partial charge >= 0.3 is 0 Å². The van der Waals surface area contributed by atoms with E-state index < -0.39 is 0 Å². The van der Waals surface area contributed by atoms with E-state index in [2.05, 4.69) is 49.9 Å².